The van der Waals surface area contributed by atoms with E-state index < -0.39 is 0 Å². The molecule has 1 N–H and O–H groups in total. The predicted molar refractivity (Wildman–Crippen MR) is 48.7 cm³/mol. The van der Waals surface area contributed by atoms with Crippen LogP contribution in [0.2, 0.25) is 0 Å². The minimum absolute atomic E-state index is 0.248. The van der Waals surface area contributed by atoms with Crippen LogP contribution in [-0.2, 0) is 4.74 Å². The fourth-order valence-electron chi connectivity index (χ4n) is 1.29. The highest BCUT2D eigenvalue weighted by Crippen LogP contribution is 2.09. The number of nitrogens with one attached hydrogen (secondary N) is 1. The van der Waals surface area contributed by atoms with Gasteiger partial charge in [-0.1, -0.05) is 19.1 Å². The summed E-state index contributed by atoms with van der Waals surface area (Å²) in [6, 6.07) is 0.282. The van der Waals surface area contributed by atoms with Crippen LogP contribution in [-0.4, -0.2) is 26.3 Å². The molecule has 0 rings (SSSR count). The van der Waals surface area contributed by atoms with Gasteiger partial charge in [0.2, 0.25) is 0 Å². The van der Waals surface area contributed by atoms with Gasteiger partial charge in [-0.15, -0.1) is 0 Å². The lowest BCUT2D eigenvalue weighted by Gasteiger charge is -2.24. The third-order valence-electron chi connectivity index (χ3n) is 1.92. The van der Waals surface area contributed by atoms with Crippen molar-refractivity contribution in [3.05, 3.63) is 12.2 Å². The molecule has 2 atom stereocenters. The quantitative estimate of drug-likeness (QED) is 0.612. The molecule has 0 aromatic rings. The number of hydrogen-bond donors (Lipinski definition) is 1. The van der Waals surface area contributed by atoms with E-state index in [9.17, 15) is 0 Å². The first kappa shape index (κ1) is 10.7. The average molecular weight is 157 g/mol. The van der Waals surface area contributed by atoms with Gasteiger partial charge in [-0.2, -0.15) is 0 Å². The Hall–Kier alpha value is -0.340. The Bertz CT molecular complexity index is 119. The maximum Gasteiger partial charge on any atom is 0.0759 e. The molecule has 0 bridgehead atoms. The van der Waals surface area contributed by atoms with E-state index in [4.69, 9.17) is 4.74 Å². The molecule has 66 valence electrons. The summed E-state index contributed by atoms with van der Waals surface area (Å²) in [6.07, 6.45) is 1.26. The van der Waals surface area contributed by atoms with Crippen molar-refractivity contribution in [2.24, 2.45) is 0 Å². The topological polar surface area (TPSA) is 21.3 Å². The first-order chi connectivity index (χ1) is 5.17. The van der Waals surface area contributed by atoms with Crippen LogP contribution in [0.25, 0.3) is 0 Å². The summed E-state index contributed by atoms with van der Waals surface area (Å²) < 4.78 is 5.29. The van der Waals surface area contributed by atoms with E-state index in [1.165, 1.54) is 0 Å². The highest BCUT2D eigenvalue weighted by atomic mass is 16.5. The number of ether oxygens (including phenoxy) is 1. The first-order valence-corrected chi connectivity index (χ1v) is 4.02. The number of rotatable bonds is 5. The Morgan fingerprint density at radius 2 is 2.18 bits per heavy atom. The van der Waals surface area contributed by atoms with E-state index in [-0.39, 0.29) is 12.1 Å². The third-order valence-corrected chi connectivity index (χ3v) is 1.92. The second kappa shape index (κ2) is 5.33. The van der Waals surface area contributed by atoms with E-state index in [0.29, 0.717) is 0 Å². The van der Waals surface area contributed by atoms with Gasteiger partial charge in [0, 0.05) is 7.11 Å². The zero-order chi connectivity index (χ0) is 8.85. The standard InChI is InChI=1S/C9H19NO/c1-6-8(11-5)9(10-4)7(2)3/h8-10H,2,6H2,1,3-5H3. The van der Waals surface area contributed by atoms with E-state index in [0.717, 1.165) is 12.0 Å². The van der Waals surface area contributed by atoms with Crippen LogP contribution in [0.5, 0.6) is 0 Å². The number of likely N-dealkylation sites (N-methyl/N-ethyl adjacent to an activating group) is 1. The van der Waals surface area contributed by atoms with Crippen molar-refractivity contribution in [2.75, 3.05) is 14.2 Å². The van der Waals surface area contributed by atoms with Crippen LogP contribution in [0, 0.1) is 0 Å². The maximum atomic E-state index is 5.29. The van der Waals surface area contributed by atoms with Crippen LogP contribution in [0.4, 0.5) is 0 Å². The largest absolute Gasteiger partial charge is 0.380 e. The highest BCUT2D eigenvalue weighted by molar-refractivity contribution is 5.04. The maximum absolute atomic E-state index is 5.29. The van der Waals surface area contributed by atoms with Gasteiger partial charge in [-0.05, 0) is 20.4 Å². The lowest BCUT2D eigenvalue weighted by Crippen LogP contribution is -2.39. The molecule has 0 saturated carbocycles. The molecule has 0 amide bonds. The van der Waals surface area contributed by atoms with Crippen molar-refractivity contribution in [1.29, 1.82) is 0 Å². The van der Waals surface area contributed by atoms with Crippen LogP contribution in [0.15, 0.2) is 12.2 Å². The molecule has 2 unspecified atom stereocenters. The Balaban J connectivity index is 4.09. The van der Waals surface area contributed by atoms with Crippen molar-refractivity contribution in [3.63, 3.8) is 0 Å². The van der Waals surface area contributed by atoms with Gasteiger partial charge < -0.3 is 10.1 Å². The van der Waals surface area contributed by atoms with Gasteiger partial charge >= 0.3 is 0 Å². The Morgan fingerprint density at radius 1 is 1.64 bits per heavy atom. The van der Waals surface area contributed by atoms with Crippen LogP contribution in [0.3, 0.4) is 0 Å². The predicted octanol–water partition coefficient (Wildman–Crippen LogP) is 1.58. The zero-order valence-corrected chi connectivity index (χ0v) is 7.98. The molecule has 2 heteroatoms. The molecule has 0 aromatic carbocycles. The number of hydrogen-bond acceptors (Lipinski definition) is 2. The highest BCUT2D eigenvalue weighted by Gasteiger charge is 2.17. The first-order valence-electron chi connectivity index (χ1n) is 4.02. The van der Waals surface area contributed by atoms with Crippen molar-refractivity contribution >= 4 is 0 Å². The van der Waals surface area contributed by atoms with Gasteiger partial charge in [0.15, 0.2) is 0 Å². The van der Waals surface area contributed by atoms with Crippen LogP contribution in [0.1, 0.15) is 20.3 Å². The minimum atomic E-state index is 0.248. The van der Waals surface area contributed by atoms with Crippen molar-refractivity contribution in [2.45, 2.75) is 32.4 Å². The van der Waals surface area contributed by atoms with Crippen molar-refractivity contribution < 1.29 is 4.74 Å². The summed E-state index contributed by atoms with van der Waals surface area (Å²) in [5.41, 5.74) is 1.13. The molecule has 0 saturated heterocycles. The Morgan fingerprint density at radius 3 is 2.27 bits per heavy atom. The molecule has 0 aromatic heterocycles. The fraction of sp³-hybridized carbons (Fsp3) is 0.778. The molecule has 11 heavy (non-hydrogen) atoms. The van der Waals surface area contributed by atoms with E-state index in [1.54, 1.807) is 7.11 Å². The fourth-order valence-corrected chi connectivity index (χ4v) is 1.29. The van der Waals surface area contributed by atoms with Gasteiger partial charge in [-0.25, -0.2) is 0 Å². The molecular weight excluding hydrogens is 138 g/mol. The molecule has 0 spiro atoms. The number of methoxy groups -OCH3 is 1. The second-order valence-corrected chi connectivity index (χ2v) is 2.80. The lowest BCUT2D eigenvalue weighted by atomic mass is 10.0. The summed E-state index contributed by atoms with van der Waals surface area (Å²) in [6.45, 7) is 8.03. The SMILES string of the molecule is C=C(C)C(NC)C(CC)OC. The van der Waals surface area contributed by atoms with Gasteiger partial charge in [-0.3, -0.25) is 0 Å². The summed E-state index contributed by atoms with van der Waals surface area (Å²) in [5.74, 6) is 0. The second-order valence-electron chi connectivity index (χ2n) is 2.80. The molecule has 2 nitrogen and oxygen atoms in total. The molecule has 0 heterocycles. The third kappa shape index (κ3) is 3.04. The van der Waals surface area contributed by atoms with Crippen molar-refractivity contribution in [1.82, 2.24) is 5.32 Å². The molecular formula is C9H19NO. The Labute approximate surface area is 69.6 Å². The van der Waals surface area contributed by atoms with E-state index in [2.05, 4.69) is 18.8 Å². The average Bonchev–Trinajstić information content (AvgIpc) is 1.99. The van der Waals surface area contributed by atoms with E-state index >= 15 is 0 Å². The Kier molecular flexibility index (Phi) is 5.16. The molecule has 0 aliphatic heterocycles. The molecule has 0 fully saturated rings. The molecule has 0 radical (unpaired) electrons. The van der Waals surface area contributed by atoms with Crippen LogP contribution >= 0.6 is 0 Å². The van der Waals surface area contributed by atoms with Gasteiger partial charge in [0.1, 0.15) is 0 Å². The lowest BCUT2D eigenvalue weighted by molar-refractivity contribution is 0.0781. The van der Waals surface area contributed by atoms with Crippen LogP contribution < -0.4 is 5.32 Å². The van der Waals surface area contributed by atoms with Gasteiger partial charge in [0.05, 0.1) is 12.1 Å². The minimum Gasteiger partial charge on any atom is -0.380 e. The summed E-state index contributed by atoms with van der Waals surface area (Å²) in [4.78, 5) is 0. The monoisotopic (exact) mass is 157 g/mol. The van der Waals surface area contributed by atoms with Crippen molar-refractivity contribution in [3.8, 4) is 0 Å². The smallest absolute Gasteiger partial charge is 0.0759 e. The molecule has 0 aliphatic rings. The molecule has 0 aliphatic carbocycles. The normalized spacial score (nSPS) is 16.0. The summed E-state index contributed by atoms with van der Waals surface area (Å²) >= 11 is 0. The summed E-state index contributed by atoms with van der Waals surface area (Å²) in [5, 5.41) is 3.18. The summed E-state index contributed by atoms with van der Waals surface area (Å²) in [7, 11) is 3.67. The zero-order valence-electron chi connectivity index (χ0n) is 7.98. The van der Waals surface area contributed by atoms with Gasteiger partial charge in [0.25, 0.3) is 0 Å². The van der Waals surface area contributed by atoms with E-state index in [1.807, 2.05) is 14.0 Å².